The summed E-state index contributed by atoms with van der Waals surface area (Å²) in [6.45, 7) is 1.94. The summed E-state index contributed by atoms with van der Waals surface area (Å²) in [5.74, 6) is -1.57. The second-order valence-electron chi connectivity index (χ2n) is 6.64. The molecule has 26 heavy (non-hydrogen) atoms. The topological polar surface area (TPSA) is 121 Å². The van der Waals surface area contributed by atoms with Crippen LogP contribution in [0, 0.1) is 0 Å². The maximum atomic E-state index is 12.6. The van der Waals surface area contributed by atoms with Crippen LogP contribution >= 0.6 is 0 Å². The molecule has 1 amide bonds. The first-order valence-electron chi connectivity index (χ1n) is 8.71. The summed E-state index contributed by atoms with van der Waals surface area (Å²) in [4.78, 5) is 51.1. The number of nitrogens with one attached hydrogen (secondary N) is 2. The Labute approximate surface area is 148 Å². The monoisotopic (exact) mass is 359 g/mol. The third-order valence-corrected chi connectivity index (χ3v) is 5.03. The van der Waals surface area contributed by atoms with Gasteiger partial charge in [0, 0.05) is 12.1 Å². The van der Waals surface area contributed by atoms with Crippen molar-refractivity contribution < 1.29 is 14.7 Å². The van der Waals surface area contributed by atoms with E-state index in [1.807, 2.05) is 0 Å². The SMILES string of the molecule is CCn1c(=O)[nH]c2cc(C(=O)NC3(C(=O)O)CCCCC3)ccc2c1=O. The number of nitrogens with zero attached hydrogens (tertiary/aromatic N) is 1. The average Bonchev–Trinajstić information content (AvgIpc) is 2.62. The second-order valence-corrected chi connectivity index (χ2v) is 6.64. The van der Waals surface area contributed by atoms with E-state index in [1.165, 1.54) is 18.2 Å². The lowest BCUT2D eigenvalue weighted by Gasteiger charge is -2.34. The average molecular weight is 359 g/mol. The summed E-state index contributed by atoms with van der Waals surface area (Å²) in [6, 6.07) is 4.35. The number of amides is 1. The van der Waals surface area contributed by atoms with Crippen molar-refractivity contribution in [2.45, 2.75) is 51.1 Å². The molecule has 0 radical (unpaired) electrons. The van der Waals surface area contributed by atoms with Crippen LogP contribution in [0.15, 0.2) is 27.8 Å². The Morgan fingerprint density at radius 2 is 1.92 bits per heavy atom. The van der Waals surface area contributed by atoms with E-state index >= 15 is 0 Å². The molecule has 1 aromatic heterocycles. The van der Waals surface area contributed by atoms with Crippen LogP contribution < -0.4 is 16.6 Å². The van der Waals surface area contributed by atoms with Gasteiger partial charge in [0.2, 0.25) is 0 Å². The van der Waals surface area contributed by atoms with E-state index in [9.17, 15) is 24.3 Å². The summed E-state index contributed by atoms with van der Waals surface area (Å²) in [6.07, 6.45) is 3.22. The number of hydrogen-bond donors (Lipinski definition) is 3. The van der Waals surface area contributed by atoms with Crippen molar-refractivity contribution in [1.29, 1.82) is 0 Å². The van der Waals surface area contributed by atoms with Crippen molar-refractivity contribution in [2.75, 3.05) is 0 Å². The molecule has 3 N–H and O–H groups in total. The maximum absolute atomic E-state index is 12.6. The Kier molecular flexibility index (Phi) is 4.67. The number of hydrogen-bond acceptors (Lipinski definition) is 4. The lowest BCUT2D eigenvalue weighted by molar-refractivity contribution is -0.145. The van der Waals surface area contributed by atoms with Crippen molar-refractivity contribution in [3.63, 3.8) is 0 Å². The van der Waals surface area contributed by atoms with Crippen LogP contribution in [-0.2, 0) is 11.3 Å². The Balaban J connectivity index is 1.97. The molecule has 1 aliphatic carbocycles. The van der Waals surface area contributed by atoms with Gasteiger partial charge in [0.05, 0.1) is 10.9 Å². The molecule has 2 aromatic rings. The predicted molar refractivity (Wildman–Crippen MR) is 95.4 cm³/mol. The van der Waals surface area contributed by atoms with E-state index in [2.05, 4.69) is 10.3 Å². The number of benzene rings is 1. The fourth-order valence-corrected chi connectivity index (χ4v) is 3.52. The zero-order chi connectivity index (χ0) is 18.9. The van der Waals surface area contributed by atoms with E-state index in [0.717, 1.165) is 23.8 Å². The van der Waals surface area contributed by atoms with Gasteiger partial charge in [-0.2, -0.15) is 0 Å². The van der Waals surface area contributed by atoms with Crippen LogP contribution in [0.5, 0.6) is 0 Å². The Bertz CT molecular complexity index is 982. The van der Waals surface area contributed by atoms with Crippen LogP contribution in [0.2, 0.25) is 0 Å². The molecule has 0 saturated heterocycles. The molecule has 1 aromatic carbocycles. The van der Waals surface area contributed by atoms with Crippen molar-refractivity contribution >= 4 is 22.8 Å². The van der Waals surface area contributed by atoms with Crippen LogP contribution in [0.4, 0.5) is 0 Å². The van der Waals surface area contributed by atoms with Crippen LogP contribution in [0.3, 0.4) is 0 Å². The minimum Gasteiger partial charge on any atom is -0.480 e. The number of H-pyrrole nitrogens is 1. The Morgan fingerprint density at radius 3 is 2.54 bits per heavy atom. The van der Waals surface area contributed by atoms with E-state index in [4.69, 9.17) is 0 Å². The molecule has 0 bridgehead atoms. The summed E-state index contributed by atoms with van der Waals surface area (Å²) >= 11 is 0. The van der Waals surface area contributed by atoms with Gasteiger partial charge >= 0.3 is 11.7 Å². The first-order chi connectivity index (χ1) is 12.4. The smallest absolute Gasteiger partial charge is 0.329 e. The molecular formula is C18H21N3O5. The van der Waals surface area contributed by atoms with Crippen molar-refractivity contribution in [1.82, 2.24) is 14.9 Å². The number of aliphatic carboxylic acids is 1. The molecule has 138 valence electrons. The number of carbonyl (C=O) groups is 2. The van der Waals surface area contributed by atoms with E-state index in [1.54, 1.807) is 6.92 Å². The van der Waals surface area contributed by atoms with Crippen LogP contribution in [-0.4, -0.2) is 32.1 Å². The molecular weight excluding hydrogens is 338 g/mol. The molecule has 0 atom stereocenters. The number of aromatic amines is 1. The zero-order valence-corrected chi connectivity index (χ0v) is 14.5. The largest absolute Gasteiger partial charge is 0.480 e. The molecule has 1 heterocycles. The number of rotatable bonds is 4. The van der Waals surface area contributed by atoms with Crippen molar-refractivity contribution in [3.8, 4) is 0 Å². The lowest BCUT2D eigenvalue weighted by Crippen LogP contribution is -2.55. The van der Waals surface area contributed by atoms with E-state index in [-0.39, 0.29) is 17.6 Å². The Hall–Kier alpha value is -2.90. The number of carboxylic acids is 1. The van der Waals surface area contributed by atoms with E-state index < -0.39 is 28.7 Å². The highest BCUT2D eigenvalue weighted by Gasteiger charge is 2.41. The second kappa shape index (κ2) is 6.78. The summed E-state index contributed by atoms with van der Waals surface area (Å²) in [5.41, 5.74) is -1.77. The number of aromatic nitrogens is 2. The highest BCUT2D eigenvalue weighted by atomic mass is 16.4. The van der Waals surface area contributed by atoms with Gasteiger partial charge in [-0.3, -0.25) is 14.2 Å². The van der Waals surface area contributed by atoms with Gasteiger partial charge in [-0.25, -0.2) is 9.59 Å². The standard InChI is InChI=1S/C18H21N3O5/c1-2-21-15(23)12-7-6-11(10-13(12)19-17(21)26)14(22)20-18(16(24)25)8-4-3-5-9-18/h6-7,10H,2-5,8-9H2,1H3,(H,19,26)(H,20,22)(H,24,25). The third kappa shape index (κ3) is 3.02. The zero-order valence-electron chi connectivity index (χ0n) is 14.5. The third-order valence-electron chi connectivity index (χ3n) is 5.03. The van der Waals surface area contributed by atoms with Gasteiger partial charge in [-0.15, -0.1) is 0 Å². The maximum Gasteiger partial charge on any atom is 0.329 e. The summed E-state index contributed by atoms with van der Waals surface area (Å²) in [7, 11) is 0. The minimum absolute atomic E-state index is 0.202. The summed E-state index contributed by atoms with van der Waals surface area (Å²) in [5, 5.41) is 12.5. The van der Waals surface area contributed by atoms with Gasteiger partial charge in [0.25, 0.3) is 11.5 Å². The fraction of sp³-hybridized carbons (Fsp3) is 0.444. The minimum atomic E-state index is -1.26. The van der Waals surface area contributed by atoms with Crippen molar-refractivity contribution in [2.24, 2.45) is 0 Å². The number of carbonyl (C=O) groups excluding carboxylic acids is 1. The quantitative estimate of drug-likeness (QED) is 0.758. The van der Waals surface area contributed by atoms with Gasteiger partial charge in [0.15, 0.2) is 0 Å². The molecule has 8 heteroatoms. The molecule has 0 aliphatic heterocycles. The summed E-state index contributed by atoms with van der Waals surface area (Å²) < 4.78 is 1.07. The van der Waals surface area contributed by atoms with Gasteiger partial charge < -0.3 is 15.4 Å². The predicted octanol–water partition coefficient (Wildman–Crippen LogP) is 1.23. The van der Waals surface area contributed by atoms with Gasteiger partial charge in [-0.05, 0) is 38.0 Å². The normalized spacial score (nSPS) is 16.3. The molecule has 3 rings (SSSR count). The van der Waals surface area contributed by atoms with Crippen molar-refractivity contribution in [3.05, 3.63) is 44.6 Å². The first-order valence-corrected chi connectivity index (χ1v) is 8.71. The molecule has 8 nitrogen and oxygen atoms in total. The van der Waals surface area contributed by atoms with Crippen LogP contribution in [0.1, 0.15) is 49.4 Å². The first kappa shape index (κ1) is 17.9. The van der Waals surface area contributed by atoms with Gasteiger partial charge in [-0.1, -0.05) is 19.3 Å². The molecule has 1 saturated carbocycles. The number of fused-ring (bicyclic) bond motifs is 1. The van der Waals surface area contributed by atoms with Crippen LogP contribution in [0.25, 0.3) is 10.9 Å². The highest BCUT2D eigenvalue weighted by molar-refractivity contribution is 6.00. The fourth-order valence-electron chi connectivity index (χ4n) is 3.52. The molecule has 1 fully saturated rings. The number of carboxylic acid groups (broad SMARTS) is 1. The van der Waals surface area contributed by atoms with Gasteiger partial charge in [0.1, 0.15) is 5.54 Å². The lowest BCUT2D eigenvalue weighted by atomic mass is 9.81. The molecule has 1 aliphatic rings. The Morgan fingerprint density at radius 1 is 1.23 bits per heavy atom. The molecule has 0 spiro atoms. The van der Waals surface area contributed by atoms with E-state index in [0.29, 0.717) is 18.2 Å². The molecule has 0 unspecified atom stereocenters. The highest BCUT2D eigenvalue weighted by Crippen LogP contribution is 2.29.